The van der Waals surface area contributed by atoms with Crippen molar-refractivity contribution in [3.63, 3.8) is 0 Å². The monoisotopic (exact) mass is 205 g/mol. The van der Waals surface area contributed by atoms with E-state index in [2.05, 4.69) is 5.32 Å². The Kier molecular flexibility index (Phi) is 3.93. The molecule has 0 bridgehead atoms. The van der Waals surface area contributed by atoms with Crippen LogP contribution in [0, 0.1) is 0 Å². The van der Waals surface area contributed by atoms with Gasteiger partial charge in [-0.2, -0.15) is 0 Å². The number of carbonyl (C=O) groups is 3. The zero-order valence-corrected chi connectivity index (χ0v) is 8.40. The van der Waals surface area contributed by atoms with Gasteiger partial charge in [0.1, 0.15) is 0 Å². The molecule has 0 aliphatic heterocycles. The third kappa shape index (κ3) is 3.93. The summed E-state index contributed by atoms with van der Waals surface area (Å²) in [4.78, 5) is 30.5. The van der Waals surface area contributed by atoms with Crippen molar-refractivity contribution in [1.29, 1.82) is 0 Å². The second-order valence-corrected chi connectivity index (χ2v) is 4.21. The topological polar surface area (TPSA) is 83.5 Å². The summed E-state index contributed by atoms with van der Waals surface area (Å²) in [5.41, 5.74) is 0. The number of carboxylic acid groups (broad SMARTS) is 1. The molecule has 0 spiro atoms. The van der Waals surface area contributed by atoms with Crippen molar-refractivity contribution in [3.8, 4) is 0 Å². The molecule has 13 heavy (non-hydrogen) atoms. The molecule has 1 amide bonds. The molecular weight excluding hydrogens is 194 g/mol. The SMILES string of the molecule is CC(=O)NC(C)(SC(C)=O)C(=O)O. The van der Waals surface area contributed by atoms with Gasteiger partial charge in [-0.05, 0) is 18.7 Å². The van der Waals surface area contributed by atoms with E-state index in [1.807, 2.05) is 0 Å². The van der Waals surface area contributed by atoms with Crippen molar-refractivity contribution in [2.75, 3.05) is 0 Å². The van der Waals surface area contributed by atoms with E-state index in [-0.39, 0.29) is 5.12 Å². The molecule has 5 nitrogen and oxygen atoms in total. The number of thioether (sulfide) groups is 1. The zero-order chi connectivity index (χ0) is 10.6. The first-order valence-corrected chi connectivity index (χ1v) is 4.31. The minimum Gasteiger partial charge on any atom is -0.479 e. The second kappa shape index (κ2) is 4.27. The van der Waals surface area contributed by atoms with Crippen molar-refractivity contribution in [2.24, 2.45) is 0 Å². The number of hydrogen-bond acceptors (Lipinski definition) is 4. The molecule has 0 aliphatic carbocycles. The molecule has 0 aromatic carbocycles. The minimum atomic E-state index is -1.57. The van der Waals surface area contributed by atoms with Crippen molar-refractivity contribution >= 4 is 28.8 Å². The average molecular weight is 205 g/mol. The van der Waals surface area contributed by atoms with E-state index in [0.717, 1.165) is 0 Å². The van der Waals surface area contributed by atoms with Crippen LogP contribution in [0.15, 0.2) is 0 Å². The molecule has 6 heteroatoms. The van der Waals surface area contributed by atoms with E-state index in [1.54, 1.807) is 0 Å². The molecular formula is C7H11NO4S. The average Bonchev–Trinajstić information content (AvgIpc) is 1.82. The van der Waals surface area contributed by atoms with Crippen LogP contribution in [0.2, 0.25) is 0 Å². The van der Waals surface area contributed by atoms with E-state index in [0.29, 0.717) is 11.8 Å². The van der Waals surface area contributed by atoms with Crippen molar-refractivity contribution in [2.45, 2.75) is 25.6 Å². The van der Waals surface area contributed by atoms with Crippen LogP contribution >= 0.6 is 11.8 Å². The molecule has 0 fully saturated rings. The van der Waals surface area contributed by atoms with Crippen LogP contribution in [0.4, 0.5) is 0 Å². The first kappa shape index (κ1) is 12.0. The lowest BCUT2D eigenvalue weighted by atomic mass is 10.3. The number of amides is 1. The molecule has 0 aliphatic rings. The summed E-state index contributed by atoms with van der Waals surface area (Å²) < 4.78 is 0. The summed E-state index contributed by atoms with van der Waals surface area (Å²) >= 11 is 0.568. The number of carbonyl (C=O) groups excluding carboxylic acids is 2. The molecule has 74 valence electrons. The Hall–Kier alpha value is -1.04. The summed E-state index contributed by atoms with van der Waals surface area (Å²) in [5, 5.41) is 10.6. The van der Waals surface area contributed by atoms with Gasteiger partial charge in [-0.3, -0.25) is 9.59 Å². The van der Waals surface area contributed by atoms with Gasteiger partial charge < -0.3 is 10.4 Å². The van der Waals surface area contributed by atoms with Gasteiger partial charge in [-0.25, -0.2) is 4.79 Å². The lowest BCUT2D eigenvalue weighted by Crippen LogP contribution is -2.49. The Labute approximate surface area is 79.9 Å². The van der Waals surface area contributed by atoms with E-state index in [4.69, 9.17) is 5.11 Å². The van der Waals surface area contributed by atoms with Crippen LogP contribution < -0.4 is 5.32 Å². The molecule has 0 aromatic rings. The standard InChI is InChI=1S/C7H11NO4S/c1-4(9)8-7(3,6(11)12)13-5(2)10/h1-3H3,(H,8,9)(H,11,12). The molecule has 0 saturated carbocycles. The van der Waals surface area contributed by atoms with Gasteiger partial charge in [0.2, 0.25) is 5.91 Å². The van der Waals surface area contributed by atoms with Gasteiger partial charge in [-0.1, -0.05) is 0 Å². The van der Waals surface area contributed by atoms with E-state index < -0.39 is 16.7 Å². The first-order valence-electron chi connectivity index (χ1n) is 3.49. The van der Waals surface area contributed by atoms with Gasteiger partial charge >= 0.3 is 5.97 Å². The van der Waals surface area contributed by atoms with E-state index >= 15 is 0 Å². The summed E-state index contributed by atoms with van der Waals surface area (Å²) in [5.74, 6) is -1.73. The maximum absolute atomic E-state index is 10.7. The van der Waals surface area contributed by atoms with Gasteiger partial charge in [0.15, 0.2) is 9.99 Å². The highest BCUT2D eigenvalue weighted by Crippen LogP contribution is 2.22. The number of hydrogen-bond donors (Lipinski definition) is 2. The molecule has 0 aromatic heterocycles. The molecule has 1 atom stereocenters. The Balaban J connectivity index is 4.62. The summed E-state index contributed by atoms with van der Waals surface area (Å²) in [6.07, 6.45) is 0. The lowest BCUT2D eigenvalue weighted by molar-refractivity contribution is -0.142. The largest absolute Gasteiger partial charge is 0.479 e. The fourth-order valence-corrected chi connectivity index (χ4v) is 1.60. The second-order valence-electron chi connectivity index (χ2n) is 2.61. The summed E-state index contributed by atoms with van der Waals surface area (Å²) in [6.45, 7) is 3.71. The highest BCUT2D eigenvalue weighted by Gasteiger charge is 2.36. The van der Waals surface area contributed by atoms with Crippen LogP contribution in [-0.4, -0.2) is 27.0 Å². The molecule has 2 N–H and O–H groups in total. The van der Waals surface area contributed by atoms with Crippen LogP contribution in [0.5, 0.6) is 0 Å². The van der Waals surface area contributed by atoms with E-state index in [1.165, 1.54) is 20.8 Å². The zero-order valence-electron chi connectivity index (χ0n) is 7.58. The third-order valence-electron chi connectivity index (χ3n) is 1.17. The van der Waals surface area contributed by atoms with Crippen LogP contribution in [0.25, 0.3) is 0 Å². The Morgan fingerprint density at radius 3 is 2.00 bits per heavy atom. The van der Waals surface area contributed by atoms with Crippen LogP contribution in [0.1, 0.15) is 20.8 Å². The van der Waals surface area contributed by atoms with Gasteiger partial charge in [0, 0.05) is 13.8 Å². The van der Waals surface area contributed by atoms with Crippen molar-refractivity contribution in [3.05, 3.63) is 0 Å². The van der Waals surface area contributed by atoms with Crippen molar-refractivity contribution in [1.82, 2.24) is 5.32 Å². The molecule has 0 heterocycles. The fraction of sp³-hybridized carbons (Fsp3) is 0.571. The number of rotatable bonds is 3. The van der Waals surface area contributed by atoms with E-state index in [9.17, 15) is 14.4 Å². The minimum absolute atomic E-state index is 0.362. The third-order valence-corrected chi connectivity index (χ3v) is 2.14. The number of carboxylic acids is 1. The molecule has 0 saturated heterocycles. The first-order chi connectivity index (χ1) is 5.78. The van der Waals surface area contributed by atoms with Gasteiger partial charge in [0.05, 0.1) is 0 Å². The summed E-state index contributed by atoms with van der Waals surface area (Å²) in [6, 6.07) is 0. The predicted molar refractivity (Wildman–Crippen MR) is 48.1 cm³/mol. The Morgan fingerprint density at radius 2 is 1.77 bits per heavy atom. The molecule has 0 radical (unpaired) electrons. The van der Waals surface area contributed by atoms with Crippen LogP contribution in [-0.2, 0) is 14.4 Å². The van der Waals surface area contributed by atoms with Gasteiger partial charge in [-0.15, -0.1) is 0 Å². The summed E-state index contributed by atoms with van der Waals surface area (Å²) in [7, 11) is 0. The highest BCUT2D eigenvalue weighted by molar-refractivity contribution is 8.15. The quantitative estimate of drug-likeness (QED) is 0.643. The fourth-order valence-electron chi connectivity index (χ4n) is 0.746. The lowest BCUT2D eigenvalue weighted by Gasteiger charge is -2.22. The van der Waals surface area contributed by atoms with Crippen LogP contribution in [0.3, 0.4) is 0 Å². The molecule has 1 unspecified atom stereocenters. The smallest absolute Gasteiger partial charge is 0.340 e. The Bertz CT molecular complexity index is 235. The Morgan fingerprint density at radius 1 is 1.31 bits per heavy atom. The highest BCUT2D eigenvalue weighted by atomic mass is 32.2. The number of aliphatic carboxylic acids is 1. The normalized spacial score (nSPS) is 14.4. The molecule has 0 rings (SSSR count). The van der Waals surface area contributed by atoms with Crippen molar-refractivity contribution < 1.29 is 19.5 Å². The maximum Gasteiger partial charge on any atom is 0.340 e. The maximum atomic E-state index is 10.7. The van der Waals surface area contributed by atoms with Gasteiger partial charge in [0.25, 0.3) is 0 Å². The predicted octanol–water partition coefficient (Wildman–Crippen LogP) is 0.203. The number of nitrogens with one attached hydrogen (secondary N) is 1.